The number of anilines is 1. The van der Waals surface area contributed by atoms with Crippen LogP contribution in [-0.4, -0.2) is 16.5 Å². The van der Waals surface area contributed by atoms with Crippen molar-refractivity contribution in [2.45, 2.75) is 13.3 Å². The van der Waals surface area contributed by atoms with E-state index in [1.165, 1.54) is 5.56 Å². The molecule has 0 saturated carbocycles. The summed E-state index contributed by atoms with van der Waals surface area (Å²) in [5.41, 5.74) is 2.42. The molecule has 88 valence electrons. The molecule has 0 bridgehead atoms. The molecule has 2 aromatic heterocycles. The van der Waals surface area contributed by atoms with Crippen LogP contribution in [0.2, 0.25) is 0 Å². The SMILES string of the molecule is Cc1cnc(NCCc2ccncc2)c(Br)c1. The first-order valence-electron chi connectivity index (χ1n) is 5.50. The van der Waals surface area contributed by atoms with Crippen molar-refractivity contribution in [2.24, 2.45) is 0 Å². The van der Waals surface area contributed by atoms with Crippen molar-refractivity contribution in [1.82, 2.24) is 9.97 Å². The predicted molar refractivity (Wildman–Crippen MR) is 73.1 cm³/mol. The van der Waals surface area contributed by atoms with Gasteiger partial charge in [0.15, 0.2) is 0 Å². The highest BCUT2D eigenvalue weighted by Gasteiger charge is 2.00. The zero-order valence-electron chi connectivity index (χ0n) is 9.65. The number of halogens is 1. The Hall–Kier alpha value is -1.42. The Bertz CT molecular complexity index is 485. The van der Waals surface area contributed by atoms with Crippen molar-refractivity contribution in [3.63, 3.8) is 0 Å². The van der Waals surface area contributed by atoms with Gasteiger partial charge >= 0.3 is 0 Å². The molecule has 0 aliphatic carbocycles. The summed E-state index contributed by atoms with van der Waals surface area (Å²) >= 11 is 3.50. The largest absolute Gasteiger partial charge is 0.369 e. The van der Waals surface area contributed by atoms with E-state index in [2.05, 4.69) is 37.3 Å². The van der Waals surface area contributed by atoms with Crippen LogP contribution in [0.3, 0.4) is 0 Å². The number of aryl methyl sites for hydroxylation is 1. The van der Waals surface area contributed by atoms with Crippen LogP contribution >= 0.6 is 15.9 Å². The lowest BCUT2D eigenvalue weighted by Gasteiger charge is -2.07. The van der Waals surface area contributed by atoms with Crippen LogP contribution < -0.4 is 5.32 Å². The number of pyridine rings is 2. The molecule has 2 rings (SSSR count). The van der Waals surface area contributed by atoms with E-state index < -0.39 is 0 Å². The summed E-state index contributed by atoms with van der Waals surface area (Å²) in [4.78, 5) is 8.33. The van der Waals surface area contributed by atoms with Gasteiger partial charge in [-0.2, -0.15) is 0 Å². The molecule has 3 nitrogen and oxygen atoms in total. The summed E-state index contributed by atoms with van der Waals surface area (Å²) in [7, 11) is 0. The molecule has 0 aliphatic rings. The lowest BCUT2D eigenvalue weighted by Crippen LogP contribution is -2.06. The van der Waals surface area contributed by atoms with Gasteiger partial charge in [0.2, 0.25) is 0 Å². The lowest BCUT2D eigenvalue weighted by molar-refractivity contribution is 0.996. The van der Waals surface area contributed by atoms with Gasteiger partial charge in [0, 0.05) is 25.1 Å². The topological polar surface area (TPSA) is 37.8 Å². The highest BCUT2D eigenvalue weighted by molar-refractivity contribution is 9.10. The second kappa shape index (κ2) is 5.77. The fraction of sp³-hybridized carbons (Fsp3) is 0.231. The number of nitrogens with one attached hydrogen (secondary N) is 1. The second-order valence-corrected chi connectivity index (χ2v) is 4.73. The van der Waals surface area contributed by atoms with Gasteiger partial charge in [-0.15, -0.1) is 0 Å². The number of aromatic nitrogens is 2. The van der Waals surface area contributed by atoms with Crippen molar-refractivity contribution in [3.05, 3.63) is 52.4 Å². The fourth-order valence-electron chi connectivity index (χ4n) is 1.54. The van der Waals surface area contributed by atoms with Crippen molar-refractivity contribution < 1.29 is 0 Å². The zero-order chi connectivity index (χ0) is 12.1. The third-order valence-electron chi connectivity index (χ3n) is 2.43. The average Bonchev–Trinajstić information content (AvgIpc) is 2.33. The maximum Gasteiger partial charge on any atom is 0.140 e. The van der Waals surface area contributed by atoms with Crippen molar-refractivity contribution in [2.75, 3.05) is 11.9 Å². The van der Waals surface area contributed by atoms with Crippen LogP contribution in [0.5, 0.6) is 0 Å². The smallest absolute Gasteiger partial charge is 0.140 e. The number of nitrogens with zero attached hydrogens (tertiary/aromatic N) is 2. The molecule has 0 atom stereocenters. The van der Waals surface area contributed by atoms with Gasteiger partial charge in [0.25, 0.3) is 0 Å². The standard InChI is InChI=1S/C13H14BrN3/c1-10-8-12(14)13(17-9-10)16-7-4-11-2-5-15-6-3-11/h2-3,5-6,8-9H,4,7H2,1H3,(H,16,17). The summed E-state index contributed by atoms with van der Waals surface area (Å²) in [6.45, 7) is 2.89. The highest BCUT2D eigenvalue weighted by Crippen LogP contribution is 2.20. The Morgan fingerprint density at radius 1 is 1.29 bits per heavy atom. The van der Waals surface area contributed by atoms with Gasteiger partial charge in [-0.1, -0.05) is 0 Å². The quantitative estimate of drug-likeness (QED) is 0.940. The van der Waals surface area contributed by atoms with E-state index in [1.807, 2.05) is 37.6 Å². The zero-order valence-corrected chi connectivity index (χ0v) is 11.2. The Morgan fingerprint density at radius 3 is 2.76 bits per heavy atom. The molecule has 4 heteroatoms. The third-order valence-corrected chi connectivity index (χ3v) is 3.04. The molecular weight excluding hydrogens is 278 g/mol. The molecule has 2 heterocycles. The monoisotopic (exact) mass is 291 g/mol. The molecule has 0 saturated heterocycles. The molecule has 0 aromatic carbocycles. The predicted octanol–water partition coefficient (Wildman–Crippen LogP) is 3.20. The number of hydrogen-bond donors (Lipinski definition) is 1. The van der Waals surface area contributed by atoms with Gasteiger partial charge in [-0.3, -0.25) is 4.98 Å². The normalized spacial score (nSPS) is 10.2. The summed E-state index contributed by atoms with van der Waals surface area (Å²) in [6, 6.07) is 6.11. The summed E-state index contributed by atoms with van der Waals surface area (Å²) in [5.74, 6) is 0.893. The maximum atomic E-state index is 4.34. The van der Waals surface area contributed by atoms with E-state index in [1.54, 1.807) is 0 Å². The fourth-order valence-corrected chi connectivity index (χ4v) is 2.14. The lowest BCUT2D eigenvalue weighted by atomic mass is 10.2. The minimum Gasteiger partial charge on any atom is -0.369 e. The molecule has 0 unspecified atom stereocenters. The van der Waals surface area contributed by atoms with Gasteiger partial charge in [-0.25, -0.2) is 4.98 Å². The molecule has 0 amide bonds. The van der Waals surface area contributed by atoms with E-state index >= 15 is 0 Å². The van der Waals surface area contributed by atoms with Crippen LogP contribution in [0.1, 0.15) is 11.1 Å². The minimum atomic E-state index is 0.860. The van der Waals surface area contributed by atoms with E-state index in [0.29, 0.717) is 0 Å². The van der Waals surface area contributed by atoms with Crippen LogP contribution in [0.25, 0.3) is 0 Å². The Morgan fingerprint density at radius 2 is 2.06 bits per heavy atom. The van der Waals surface area contributed by atoms with E-state index in [-0.39, 0.29) is 0 Å². The van der Waals surface area contributed by atoms with Gasteiger partial charge in [0.05, 0.1) is 4.47 Å². The maximum absolute atomic E-state index is 4.34. The van der Waals surface area contributed by atoms with Crippen molar-refractivity contribution in [1.29, 1.82) is 0 Å². The van der Waals surface area contributed by atoms with Crippen molar-refractivity contribution >= 4 is 21.7 Å². The molecule has 17 heavy (non-hydrogen) atoms. The van der Waals surface area contributed by atoms with Gasteiger partial charge < -0.3 is 5.32 Å². The van der Waals surface area contributed by atoms with Gasteiger partial charge in [0.1, 0.15) is 5.82 Å². The summed E-state index contributed by atoms with van der Waals surface area (Å²) < 4.78 is 1.01. The van der Waals surface area contributed by atoms with Crippen LogP contribution in [0, 0.1) is 6.92 Å². The molecule has 1 N–H and O–H groups in total. The van der Waals surface area contributed by atoms with Gasteiger partial charge in [-0.05, 0) is 58.6 Å². The second-order valence-electron chi connectivity index (χ2n) is 3.88. The highest BCUT2D eigenvalue weighted by atomic mass is 79.9. The minimum absolute atomic E-state index is 0.860. The summed E-state index contributed by atoms with van der Waals surface area (Å²) in [6.07, 6.45) is 6.45. The molecule has 0 aliphatic heterocycles. The average molecular weight is 292 g/mol. The Kier molecular flexibility index (Phi) is 4.09. The van der Waals surface area contributed by atoms with E-state index in [9.17, 15) is 0 Å². The Balaban J connectivity index is 1.90. The first kappa shape index (κ1) is 12.0. The summed E-state index contributed by atoms with van der Waals surface area (Å²) in [5, 5.41) is 3.31. The third kappa shape index (κ3) is 3.53. The van der Waals surface area contributed by atoms with Crippen LogP contribution in [0.15, 0.2) is 41.3 Å². The molecule has 2 aromatic rings. The number of hydrogen-bond acceptors (Lipinski definition) is 3. The molecule has 0 fully saturated rings. The van der Waals surface area contributed by atoms with E-state index in [4.69, 9.17) is 0 Å². The molecular formula is C13H14BrN3. The number of rotatable bonds is 4. The van der Waals surface area contributed by atoms with Crippen LogP contribution in [-0.2, 0) is 6.42 Å². The molecule has 0 spiro atoms. The first-order valence-corrected chi connectivity index (χ1v) is 6.30. The Labute approximate surface area is 109 Å². The van der Waals surface area contributed by atoms with Crippen LogP contribution in [0.4, 0.5) is 5.82 Å². The molecule has 0 radical (unpaired) electrons. The van der Waals surface area contributed by atoms with E-state index in [0.717, 1.165) is 28.8 Å². The first-order chi connectivity index (χ1) is 8.25. The van der Waals surface area contributed by atoms with Crippen molar-refractivity contribution in [3.8, 4) is 0 Å².